The van der Waals surface area contributed by atoms with Gasteiger partial charge in [-0.1, -0.05) is 18.3 Å². The van der Waals surface area contributed by atoms with E-state index < -0.39 is 0 Å². The van der Waals surface area contributed by atoms with Gasteiger partial charge in [-0.05, 0) is 6.42 Å². The molecule has 92 valence electrons. The van der Waals surface area contributed by atoms with Crippen LogP contribution in [0.2, 0.25) is 0 Å². The molecule has 0 radical (unpaired) electrons. The molecule has 2 aromatic heterocycles. The topological polar surface area (TPSA) is 78.3 Å². The first kappa shape index (κ1) is 11.1. The molecule has 0 bridgehead atoms. The number of nitrogens with two attached hydrogens (primary N) is 1. The minimum absolute atomic E-state index is 0.273. The van der Waals surface area contributed by atoms with Crippen LogP contribution in [0.25, 0.3) is 4.96 Å². The molecule has 2 N–H and O–H groups in total. The van der Waals surface area contributed by atoms with E-state index in [1.54, 1.807) is 11.3 Å². The maximum absolute atomic E-state index is 5.66. The van der Waals surface area contributed by atoms with Crippen LogP contribution < -0.4 is 5.73 Å². The summed E-state index contributed by atoms with van der Waals surface area (Å²) in [6, 6.07) is 0. The molecule has 7 heteroatoms. The zero-order valence-corrected chi connectivity index (χ0v) is 10.5. The molecule has 6 nitrogen and oxygen atoms in total. The Kier molecular flexibility index (Phi) is 2.81. The second-order valence-electron chi connectivity index (χ2n) is 4.39. The number of aromatic nitrogens is 4. The molecular weight excluding hydrogens is 238 g/mol. The molecule has 0 aliphatic carbocycles. The summed E-state index contributed by atoms with van der Waals surface area (Å²) < 4.78 is 7.23. The maximum atomic E-state index is 5.66. The van der Waals surface area contributed by atoms with Crippen LogP contribution in [0.4, 0.5) is 0 Å². The van der Waals surface area contributed by atoms with E-state index in [1.807, 2.05) is 4.52 Å². The minimum atomic E-state index is 0.273. The second-order valence-corrected chi connectivity index (χ2v) is 5.38. The lowest BCUT2D eigenvalue weighted by atomic mass is 10.1. The van der Waals surface area contributed by atoms with Crippen molar-refractivity contribution in [2.24, 2.45) is 5.73 Å². The molecule has 2 aromatic rings. The zero-order chi connectivity index (χ0) is 11.8. The van der Waals surface area contributed by atoms with Crippen molar-refractivity contribution in [1.29, 1.82) is 0 Å². The first-order valence-corrected chi connectivity index (χ1v) is 6.61. The van der Waals surface area contributed by atoms with E-state index in [4.69, 9.17) is 10.5 Å². The van der Waals surface area contributed by atoms with Crippen LogP contribution in [0.5, 0.6) is 0 Å². The lowest BCUT2D eigenvalue weighted by molar-refractivity contribution is 0.193. The monoisotopic (exact) mass is 253 g/mol. The highest BCUT2D eigenvalue weighted by Gasteiger charge is 2.25. The van der Waals surface area contributed by atoms with E-state index >= 15 is 0 Å². The number of hydrogen-bond acceptors (Lipinski definition) is 6. The maximum Gasteiger partial charge on any atom is 0.234 e. The van der Waals surface area contributed by atoms with Gasteiger partial charge < -0.3 is 10.5 Å². The lowest BCUT2D eigenvalue weighted by Crippen LogP contribution is -2.10. The minimum Gasteiger partial charge on any atom is -0.381 e. The fourth-order valence-electron chi connectivity index (χ4n) is 1.94. The van der Waals surface area contributed by atoms with Gasteiger partial charge >= 0.3 is 0 Å². The molecule has 0 aromatic carbocycles. The molecule has 17 heavy (non-hydrogen) atoms. The van der Waals surface area contributed by atoms with Gasteiger partial charge in [-0.3, -0.25) is 0 Å². The van der Waals surface area contributed by atoms with Crippen LogP contribution in [-0.2, 0) is 4.74 Å². The molecule has 1 aliphatic heterocycles. The molecule has 1 aliphatic rings. The van der Waals surface area contributed by atoms with Gasteiger partial charge in [0.05, 0.1) is 6.61 Å². The van der Waals surface area contributed by atoms with Crippen LogP contribution in [0, 0.1) is 0 Å². The van der Waals surface area contributed by atoms with E-state index in [0.29, 0.717) is 12.5 Å². The first-order chi connectivity index (χ1) is 8.29. The first-order valence-electron chi connectivity index (χ1n) is 5.79. The summed E-state index contributed by atoms with van der Waals surface area (Å²) in [5, 5.41) is 14.0. The number of rotatable bonds is 3. The van der Waals surface area contributed by atoms with Gasteiger partial charge in [-0.25, -0.2) is 0 Å². The van der Waals surface area contributed by atoms with Crippen LogP contribution >= 0.6 is 11.3 Å². The van der Waals surface area contributed by atoms with E-state index in [0.717, 1.165) is 35.4 Å². The average Bonchev–Trinajstić information content (AvgIpc) is 3.02. The molecule has 0 amide bonds. The molecule has 2 atom stereocenters. The second kappa shape index (κ2) is 4.32. The Morgan fingerprint density at radius 3 is 3.18 bits per heavy atom. The molecule has 1 fully saturated rings. The molecule has 0 spiro atoms. The van der Waals surface area contributed by atoms with E-state index in [9.17, 15) is 0 Å². The predicted molar refractivity (Wildman–Crippen MR) is 64.3 cm³/mol. The quantitative estimate of drug-likeness (QED) is 0.873. The third-order valence-corrected chi connectivity index (χ3v) is 4.23. The molecular formula is C10H15N5OS. The smallest absolute Gasteiger partial charge is 0.234 e. The van der Waals surface area contributed by atoms with Gasteiger partial charge in [0, 0.05) is 25.0 Å². The molecule has 0 saturated carbocycles. The highest BCUT2D eigenvalue weighted by Crippen LogP contribution is 2.27. The van der Waals surface area contributed by atoms with Crippen molar-refractivity contribution in [2.75, 3.05) is 19.8 Å². The molecule has 3 rings (SSSR count). The fraction of sp³-hybridized carbons (Fsp3) is 0.700. The molecule has 3 heterocycles. The van der Waals surface area contributed by atoms with Gasteiger partial charge in [-0.15, -0.1) is 10.2 Å². The summed E-state index contributed by atoms with van der Waals surface area (Å²) >= 11 is 1.57. The van der Waals surface area contributed by atoms with Crippen molar-refractivity contribution >= 4 is 16.3 Å². The van der Waals surface area contributed by atoms with Gasteiger partial charge in [-0.2, -0.15) is 9.61 Å². The Balaban J connectivity index is 1.99. The average molecular weight is 253 g/mol. The largest absolute Gasteiger partial charge is 0.381 e. The van der Waals surface area contributed by atoms with Crippen molar-refractivity contribution in [3.8, 4) is 0 Å². The number of nitrogens with zero attached hydrogens (tertiary/aromatic N) is 4. The summed E-state index contributed by atoms with van der Waals surface area (Å²) in [5.41, 5.74) is 5.66. The Labute approximate surface area is 103 Å². The number of ether oxygens (including phenoxy) is 1. The summed E-state index contributed by atoms with van der Waals surface area (Å²) in [4.78, 5) is 0.849. The van der Waals surface area contributed by atoms with Gasteiger partial charge in [0.1, 0.15) is 5.01 Å². The van der Waals surface area contributed by atoms with E-state index in [-0.39, 0.29) is 5.92 Å². The van der Waals surface area contributed by atoms with Gasteiger partial charge in [0.2, 0.25) is 4.96 Å². The number of hydrogen-bond donors (Lipinski definition) is 1. The Hall–Kier alpha value is -1.05. The van der Waals surface area contributed by atoms with Crippen molar-refractivity contribution in [3.05, 3.63) is 10.8 Å². The summed E-state index contributed by atoms with van der Waals surface area (Å²) in [6.45, 7) is 4.20. The van der Waals surface area contributed by atoms with Crippen LogP contribution in [-0.4, -0.2) is 39.6 Å². The van der Waals surface area contributed by atoms with Crippen molar-refractivity contribution < 1.29 is 4.74 Å². The Morgan fingerprint density at radius 1 is 1.59 bits per heavy atom. The summed E-state index contributed by atoms with van der Waals surface area (Å²) in [6.07, 6.45) is 1.00. The summed E-state index contributed by atoms with van der Waals surface area (Å²) in [7, 11) is 0. The van der Waals surface area contributed by atoms with Gasteiger partial charge in [0.25, 0.3) is 0 Å². The highest BCUT2D eigenvalue weighted by molar-refractivity contribution is 7.16. The third-order valence-electron chi connectivity index (χ3n) is 3.10. The normalized spacial score (nSPS) is 22.4. The highest BCUT2D eigenvalue weighted by atomic mass is 32.1. The van der Waals surface area contributed by atoms with Crippen molar-refractivity contribution in [3.63, 3.8) is 0 Å². The predicted octanol–water partition coefficient (Wildman–Crippen LogP) is 0.752. The zero-order valence-electron chi connectivity index (χ0n) is 9.67. The Morgan fingerprint density at radius 2 is 2.47 bits per heavy atom. The Bertz CT molecular complexity index is 516. The molecule has 1 saturated heterocycles. The van der Waals surface area contributed by atoms with Crippen LogP contribution in [0.15, 0.2) is 0 Å². The number of fused-ring (bicyclic) bond motifs is 1. The van der Waals surface area contributed by atoms with Crippen molar-refractivity contribution in [2.45, 2.75) is 25.2 Å². The summed E-state index contributed by atoms with van der Waals surface area (Å²) in [5.74, 6) is 1.52. The molecule has 2 unspecified atom stereocenters. The van der Waals surface area contributed by atoms with Crippen LogP contribution in [0.3, 0.4) is 0 Å². The lowest BCUT2D eigenvalue weighted by Gasteiger charge is -2.03. The van der Waals surface area contributed by atoms with Crippen molar-refractivity contribution in [1.82, 2.24) is 19.8 Å². The van der Waals surface area contributed by atoms with E-state index in [1.165, 1.54) is 0 Å². The van der Waals surface area contributed by atoms with Gasteiger partial charge in [0.15, 0.2) is 5.82 Å². The fourth-order valence-corrected chi connectivity index (χ4v) is 2.85. The standard InChI is InChI=1S/C10H15N5OS/c1-6(4-11)9-14-15-8(7-2-3-16-5-7)12-13-10(15)17-9/h6-7H,2-5,11H2,1H3. The van der Waals surface area contributed by atoms with E-state index in [2.05, 4.69) is 22.2 Å². The van der Waals surface area contributed by atoms with Crippen LogP contribution in [0.1, 0.15) is 36.0 Å². The SMILES string of the molecule is CC(CN)c1nn2c(C3CCOC3)nnc2s1. The third kappa shape index (κ3) is 1.84.